The SMILES string of the molecule is Cc1cccc2c(Cn3c(=O)ccn([C@@H]4O[C@H](COP(=O)(O)OP(=O)(O)OP(=O)(O)O)[C@H](O)[C@@H]4O)c3=O)noc12. The van der Waals surface area contributed by atoms with E-state index in [9.17, 15) is 43.3 Å². The maximum absolute atomic E-state index is 13.2. The molecule has 3 heterocycles. The maximum Gasteiger partial charge on any atom is 0.490 e. The van der Waals surface area contributed by atoms with Crippen molar-refractivity contribution >= 4 is 34.4 Å². The Morgan fingerprint density at radius 1 is 1.00 bits per heavy atom. The summed E-state index contributed by atoms with van der Waals surface area (Å²) in [6.45, 7) is 0.372. The number of benzene rings is 1. The lowest BCUT2D eigenvalue weighted by Gasteiger charge is -2.19. The van der Waals surface area contributed by atoms with Gasteiger partial charge in [-0.3, -0.25) is 18.5 Å². The molecular formula is C18H22N3O16P3. The van der Waals surface area contributed by atoms with Gasteiger partial charge in [0.15, 0.2) is 11.8 Å². The minimum absolute atomic E-state index is 0.262. The smallest absolute Gasteiger partial charge is 0.387 e. The van der Waals surface area contributed by atoms with Crippen molar-refractivity contribution in [3.8, 4) is 0 Å². The number of phosphoric acid groups is 3. The Morgan fingerprint density at radius 3 is 2.38 bits per heavy atom. The summed E-state index contributed by atoms with van der Waals surface area (Å²) in [5, 5.41) is 25.3. The first kappa shape index (κ1) is 30.6. The van der Waals surface area contributed by atoms with Gasteiger partial charge in [-0.05, 0) is 18.6 Å². The Morgan fingerprint density at radius 2 is 1.70 bits per heavy atom. The molecule has 2 unspecified atom stereocenters. The van der Waals surface area contributed by atoms with Crippen molar-refractivity contribution in [2.75, 3.05) is 6.61 Å². The average molecular weight is 629 g/mol. The zero-order chi connectivity index (χ0) is 29.6. The van der Waals surface area contributed by atoms with Gasteiger partial charge in [-0.25, -0.2) is 18.5 Å². The van der Waals surface area contributed by atoms with Crippen LogP contribution >= 0.6 is 23.5 Å². The third-order valence-corrected chi connectivity index (χ3v) is 9.41. The molecule has 4 rings (SSSR count). The first-order valence-electron chi connectivity index (χ1n) is 10.9. The third kappa shape index (κ3) is 6.75. The van der Waals surface area contributed by atoms with Crippen LogP contribution in [0.25, 0.3) is 11.0 Å². The van der Waals surface area contributed by atoms with Gasteiger partial charge in [0.1, 0.15) is 24.0 Å². The summed E-state index contributed by atoms with van der Waals surface area (Å²) in [7, 11) is -17.0. The van der Waals surface area contributed by atoms with Crippen molar-refractivity contribution in [1.29, 1.82) is 0 Å². The van der Waals surface area contributed by atoms with Crippen molar-refractivity contribution < 1.29 is 65.9 Å². The van der Waals surface area contributed by atoms with Crippen molar-refractivity contribution in [3.63, 3.8) is 0 Å². The number of aryl methyl sites for hydroxylation is 1. The Balaban J connectivity index is 1.51. The standard InChI is InChI=1S/C18H22N3O16P3/c1-9-3-2-4-10-11(19-35-16(9)10)7-21-13(22)5-6-20(18(21)25)17-15(24)14(23)12(34-17)8-33-39(29,30)37-40(31,32)36-38(26,27)28/h2-6,12,14-15,17,23-24H,7-8H2,1H3,(H,29,30)(H,31,32)(H2,26,27,28)/t12-,14+,15+,17-/m1/s1. The molecule has 22 heteroatoms. The quantitative estimate of drug-likeness (QED) is 0.154. The predicted molar refractivity (Wildman–Crippen MR) is 129 cm³/mol. The van der Waals surface area contributed by atoms with Crippen LogP contribution in [0.3, 0.4) is 0 Å². The highest BCUT2D eigenvalue weighted by atomic mass is 31.3. The van der Waals surface area contributed by atoms with E-state index >= 15 is 0 Å². The van der Waals surface area contributed by atoms with E-state index < -0.39 is 65.9 Å². The number of fused-ring (bicyclic) bond motifs is 1. The molecule has 0 aliphatic carbocycles. The van der Waals surface area contributed by atoms with Crippen LogP contribution in [-0.4, -0.2) is 69.0 Å². The second kappa shape index (κ2) is 11.2. The number of aliphatic hydroxyl groups excluding tert-OH is 2. The van der Waals surface area contributed by atoms with Gasteiger partial charge >= 0.3 is 29.2 Å². The van der Waals surface area contributed by atoms with Crippen molar-refractivity contribution in [3.05, 3.63) is 62.6 Å². The third-order valence-electron chi connectivity index (χ3n) is 5.60. The van der Waals surface area contributed by atoms with Crippen LogP contribution in [0.15, 0.2) is 44.6 Å². The molecule has 0 spiro atoms. The van der Waals surface area contributed by atoms with Gasteiger partial charge in [0.2, 0.25) is 0 Å². The summed E-state index contributed by atoms with van der Waals surface area (Å²) in [4.78, 5) is 61.6. The molecule has 1 saturated heterocycles. The second-order valence-electron chi connectivity index (χ2n) is 8.44. The highest BCUT2D eigenvalue weighted by Crippen LogP contribution is 2.66. The Bertz CT molecular complexity index is 1680. The van der Waals surface area contributed by atoms with Gasteiger partial charge in [0.05, 0.1) is 13.2 Å². The van der Waals surface area contributed by atoms with Crippen LogP contribution in [0.5, 0.6) is 0 Å². The lowest BCUT2D eigenvalue weighted by Crippen LogP contribution is -2.43. The highest BCUT2D eigenvalue weighted by Gasteiger charge is 2.47. The van der Waals surface area contributed by atoms with E-state index in [-0.39, 0.29) is 12.2 Å². The molecule has 2 aromatic heterocycles. The Labute approximate surface area is 222 Å². The maximum atomic E-state index is 13.2. The van der Waals surface area contributed by atoms with Crippen LogP contribution in [0.4, 0.5) is 0 Å². The molecule has 1 aromatic carbocycles. The molecule has 1 aliphatic rings. The van der Waals surface area contributed by atoms with E-state index in [1.807, 2.05) is 0 Å². The first-order valence-corrected chi connectivity index (χ1v) is 15.5. The van der Waals surface area contributed by atoms with Gasteiger partial charge < -0.3 is 39.0 Å². The number of phosphoric ester groups is 1. The minimum atomic E-state index is -5.79. The summed E-state index contributed by atoms with van der Waals surface area (Å²) < 4.78 is 57.9. The van der Waals surface area contributed by atoms with Gasteiger partial charge in [-0.2, -0.15) is 8.62 Å². The van der Waals surface area contributed by atoms with E-state index in [2.05, 4.69) is 18.3 Å². The summed E-state index contributed by atoms with van der Waals surface area (Å²) in [5.74, 6) is 0. The lowest BCUT2D eigenvalue weighted by molar-refractivity contribution is -0.0547. The van der Waals surface area contributed by atoms with Gasteiger partial charge in [0, 0.05) is 17.6 Å². The number of aliphatic hydroxyl groups is 2. The fraction of sp³-hybridized carbons (Fsp3) is 0.389. The number of rotatable bonds is 10. The number of para-hydroxylation sites is 1. The first-order chi connectivity index (χ1) is 18.5. The van der Waals surface area contributed by atoms with Gasteiger partial charge in [0.25, 0.3) is 5.56 Å². The van der Waals surface area contributed by atoms with Crippen LogP contribution in [0.2, 0.25) is 0 Å². The number of hydrogen-bond donors (Lipinski definition) is 6. The molecule has 0 radical (unpaired) electrons. The van der Waals surface area contributed by atoms with Crippen LogP contribution in [0.1, 0.15) is 17.5 Å². The minimum Gasteiger partial charge on any atom is -0.387 e. The van der Waals surface area contributed by atoms with Crippen LogP contribution < -0.4 is 11.2 Å². The lowest BCUT2D eigenvalue weighted by atomic mass is 10.1. The van der Waals surface area contributed by atoms with E-state index in [4.69, 9.17) is 19.0 Å². The Hall–Kier alpha value is -2.34. The zero-order valence-electron chi connectivity index (χ0n) is 20.1. The van der Waals surface area contributed by atoms with Gasteiger partial charge in [-0.15, -0.1) is 0 Å². The average Bonchev–Trinajstić information content (AvgIpc) is 3.35. The van der Waals surface area contributed by atoms with Gasteiger partial charge in [-0.1, -0.05) is 17.3 Å². The fourth-order valence-electron chi connectivity index (χ4n) is 3.85. The second-order valence-corrected chi connectivity index (χ2v) is 12.9. The van der Waals surface area contributed by atoms with E-state index in [1.54, 1.807) is 25.1 Å². The molecule has 0 bridgehead atoms. The summed E-state index contributed by atoms with van der Waals surface area (Å²) in [5.41, 5.74) is -0.230. The summed E-state index contributed by atoms with van der Waals surface area (Å²) in [6.07, 6.45) is -5.99. The zero-order valence-corrected chi connectivity index (χ0v) is 22.7. The molecule has 6 N–H and O–H groups in total. The van der Waals surface area contributed by atoms with E-state index in [0.29, 0.717) is 11.0 Å². The summed E-state index contributed by atoms with van der Waals surface area (Å²) >= 11 is 0. The molecule has 6 atom stereocenters. The number of nitrogens with zero attached hydrogens (tertiary/aromatic N) is 3. The topological polar surface area (TPSA) is 280 Å². The van der Waals surface area contributed by atoms with Crippen molar-refractivity contribution in [2.24, 2.45) is 0 Å². The molecule has 220 valence electrons. The van der Waals surface area contributed by atoms with Crippen molar-refractivity contribution in [2.45, 2.75) is 38.0 Å². The van der Waals surface area contributed by atoms with Crippen LogP contribution in [-0.2, 0) is 38.1 Å². The Kier molecular flexibility index (Phi) is 8.53. The molecule has 1 fully saturated rings. The molecule has 0 amide bonds. The largest absolute Gasteiger partial charge is 0.490 e. The highest BCUT2D eigenvalue weighted by molar-refractivity contribution is 7.66. The molecular weight excluding hydrogens is 607 g/mol. The predicted octanol–water partition coefficient (Wildman–Crippen LogP) is -0.530. The molecule has 1 aliphatic heterocycles. The molecule has 0 saturated carbocycles. The van der Waals surface area contributed by atoms with E-state index in [0.717, 1.165) is 27.0 Å². The molecule has 40 heavy (non-hydrogen) atoms. The van der Waals surface area contributed by atoms with Crippen LogP contribution in [0, 0.1) is 6.92 Å². The number of ether oxygens (including phenoxy) is 1. The fourth-order valence-corrected chi connectivity index (χ4v) is 6.88. The molecule has 19 nitrogen and oxygen atoms in total. The normalized spacial score (nSPS) is 24.7. The molecule has 3 aromatic rings. The van der Waals surface area contributed by atoms with Crippen molar-refractivity contribution in [1.82, 2.24) is 14.3 Å². The number of aromatic nitrogens is 3. The summed E-state index contributed by atoms with van der Waals surface area (Å²) in [6, 6.07) is 6.18. The van der Waals surface area contributed by atoms with E-state index in [1.165, 1.54) is 0 Å². The monoisotopic (exact) mass is 629 g/mol. The number of hydrogen-bond acceptors (Lipinski definition) is 13.